The SMILES string of the molecule is COc1ccc(CN(C)S(=O)(=O)c2ccccc2N)cc1. The Morgan fingerprint density at radius 1 is 1.10 bits per heavy atom. The molecule has 0 aromatic heterocycles. The first-order chi connectivity index (χ1) is 9.95. The fourth-order valence-electron chi connectivity index (χ4n) is 1.96. The molecule has 2 aromatic carbocycles. The molecule has 0 bridgehead atoms. The molecule has 0 radical (unpaired) electrons. The van der Waals surface area contributed by atoms with Gasteiger partial charge in [0.05, 0.1) is 12.8 Å². The van der Waals surface area contributed by atoms with Crippen LogP contribution in [-0.2, 0) is 16.6 Å². The third-order valence-electron chi connectivity index (χ3n) is 3.17. The Morgan fingerprint density at radius 2 is 1.71 bits per heavy atom. The Balaban J connectivity index is 2.22. The number of hydrogen-bond donors (Lipinski definition) is 1. The number of para-hydroxylation sites is 1. The lowest BCUT2D eigenvalue weighted by molar-refractivity contribution is 0.414. The number of ether oxygens (including phenoxy) is 1. The molecule has 0 aliphatic heterocycles. The molecule has 2 N–H and O–H groups in total. The zero-order chi connectivity index (χ0) is 15.5. The van der Waals surface area contributed by atoms with Crippen LogP contribution in [0.1, 0.15) is 5.56 Å². The number of nitrogens with two attached hydrogens (primary N) is 1. The van der Waals surface area contributed by atoms with Gasteiger partial charge in [-0.3, -0.25) is 0 Å². The van der Waals surface area contributed by atoms with Gasteiger partial charge in [0.2, 0.25) is 10.0 Å². The van der Waals surface area contributed by atoms with Crippen molar-refractivity contribution in [3.63, 3.8) is 0 Å². The molecule has 0 aliphatic carbocycles. The average molecular weight is 306 g/mol. The zero-order valence-electron chi connectivity index (χ0n) is 12.0. The number of methoxy groups -OCH3 is 1. The van der Waals surface area contributed by atoms with Gasteiger partial charge in [-0.15, -0.1) is 0 Å². The van der Waals surface area contributed by atoms with Crippen molar-refractivity contribution in [2.24, 2.45) is 0 Å². The van der Waals surface area contributed by atoms with Gasteiger partial charge in [-0.1, -0.05) is 24.3 Å². The van der Waals surface area contributed by atoms with Crippen LogP contribution in [0.5, 0.6) is 5.75 Å². The molecule has 21 heavy (non-hydrogen) atoms. The number of nitrogen functional groups attached to an aromatic ring is 1. The van der Waals surface area contributed by atoms with Crippen molar-refractivity contribution in [2.45, 2.75) is 11.4 Å². The van der Waals surface area contributed by atoms with Gasteiger partial charge < -0.3 is 10.5 Å². The summed E-state index contributed by atoms with van der Waals surface area (Å²) in [6.07, 6.45) is 0. The molecule has 0 aliphatic rings. The van der Waals surface area contributed by atoms with Gasteiger partial charge >= 0.3 is 0 Å². The molecule has 0 saturated carbocycles. The van der Waals surface area contributed by atoms with Gasteiger partial charge in [0.25, 0.3) is 0 Å². The van der Waals surface area contributed by atoms with Crippen molar-refractivity contribution in [2.75, 3.05) is 19.9 Å². The van der Waals surface area contributed by atoms with E-state index in [0.717, 1.165) is 11.3 Å². The van der Waals surface area contributed by atoms with Crippen molar-refractivity contribution < 1.29 is 13.2 Å². The van der Waals surface area contributed by atoms with Gasteiger partial charge in [-0.25, -0.2) is 8.42 Å². The van der Waals surface area contributed by atoms with Crippen LogP contribution in [0.25, 0.3) is 0 Å². The number of anilines is 1. The summed E-state index contributed by atoms with van der Waals surface area (Å²) in [6, 6.07) is 13.7. The van der Waals surface area contributed by atoms with E-state index < -0.39 is 10.0 Å². The second-order valence-electron chi connectivity index (χ2n) is 4.65. The van der Waals surface area contributed by atoms with Crippen LogP contribution in [0.2, 0.25) is 0 Å². The second kappa shape index (κ2) is 6.15. The first kappa shape index (κ1) is 15.3. The van der Waals surface area contributed by atoms with E-state index in [2.05, 4.69) is 0 Å². The molecule has 0 spiro atoms. The van der Waals surface area contributed by atoms with Crippen molar-refractivity contribution in [1.29, 1.82) is 0 Å². The van der Waals surface area contributed by atoms with Gasteiger partial charge in [0.15, 0.2) is 0 Å². The highest BCUT2D eigenvalue weighted by atomic mass is 32.2. The first-order valence-electron chi connectivity index (χ1n) is 6.39. The molecular weight excluding hydrogens is 288 g/mol. The van der Waals surface area contributed by atoms with Crippen LogP contribution < -0.4 is 10.5 Å². The average Bonchev–Trinajstić information content (AvgIpc) is 2.48. The van der Waals surface area contributed by atoms with Gasteiger partial charge in [-0.05, 0) is 29.8 Å². The molecule has 0 fully saturated rings. The topological polar surface area (TPSA) is 72.6 Å². The molecule has 6 heteroatoms. The fraction of sp³-hybridized carbons (Fsp3) is 0.200. The summed E-state index contributed by atoms with van der Waals surface area (Å²) in [6.45, 7) is 0.265. The molecule has 2 rings (SSSR count). The lowest BCUT2D eigenvalue weighted by atomic mass is 10.2. The summed E-state index contributed by atoms with van der Waals surface area (Å²) >= 11 is 0. The van der Waals surface area contributed by atoms with Crippen LogP contribution in [0, 0.1) is 0 Å². The summed E-state index contributed by atoms with van der Waals surface area (Å²) < 4.78 is 31.4. The van der Waals surface area contributed by atoms with Crippen molar-refractivity contribution in [3.8, 4) is 5.75 Å². The lowest BCUT2D eigenvalue weighted by Gasteiger charge is -2.18. The van der Waals surface area contributed by atoms with Crippen molar-refractivity contribution in [3.05, 3.63) is 54.1 Å². The monoisotopic (exact) mass is 306 g/mol. The highest BCUT2D eigenvalue weighted by molar-refractivity contribution is 7.89. The lowest BCUT2D eigenvalue weighted by Crippen LogP contribution is -2.27. The molecule has 0 amide bonds. The van der Waals surface area contributed by atoms with E-state index >= 15 is 0 Å². The molecule has 0 atom stereocenters. The van der Waals surface area contributed by atoms with Crippen molar-refractivity contribution in [1.82, 2.24) is 4.31 Å². The van der Waals surface area contributed by atoms with Gasteiger partial charge in [0, 0.05) is 13.6 Å². The minimum atomic E-state index is -3.61. The van der Waals surface area contributed by atoms with Crippen LogP contribution in [0.4, 0.5) is 5.69 Å². The van der Waals surface area contributed by atoms with Gasteiger partial charge in [-0.2, -0.15) is 4.31 Å². The molecule has 5 nitrogen and oxygen atoms in total. The minimum Gasteiger partial charge on any atom is -0.497 e. The smallest absolute Gasteiger partial charge is 0.245 e. The second-order valence-corrected chi connectivity index (χ2v) is 6.66. The summed E-state index contributed by atoms with van der Waals surface area (Å²) in [5.41, 5.74) is 6.87. The van der Waals surface area contributed by atoms with E-state index in [-0.39, 0.29) is 17.1 Å². The quantitative estimate of drug-likeness (QED) is 0.859. The number of rotatable bonds is 5. The number of hydrogen-bond acceptors (Lipinski definition) is 4. The normalized spacial score (nSPS) is 11.6. The standard InChI is InChI=1S/C15H18N2O3S/c1-17(11-12-7-9-13(20-2)10-8-12)21(18,19)15-6-4-3-5-14(15)16/h3-10H,11,16H2,1-2H3. The van der Waals surface area contributed by atoms with Crippen LogP contribution >= 0.6 is 0 Å². The Labute approximate surface area is 125 Å². The maximum absolute atomic E-state index is 12.5. The van der Waals surface area contributed by atoms with E-state index in [0.29, 0.717) is 0 Å². The molecule has 112 valence electrons. The Hall–Kier alpha value is -2.05. The van der Waals surface area contributed by atoms with E-state index in [4.69, 9.17) is 10.5 Å². The number of nitrogens with zero attached hydrogens (tertiary/aromatic N) is 1. The summed E-state index contributed by atoms with van der Waals surface area (Å²) in [5.74, 6) is 0.733. The molecule has 2 aromatic rings. The zero-order valence-corrected chi connectivity index (χ0v) is 12.8. The molecular formula is C15H18N2O3S. The molecule has 0 saturated heterocycles. The van der Waals surface area contributed by atoms with Gasteiger partial charge in [0.1, 0.15) is 10.6 Å². The number of sulfonamides is 1. The Bertz CT molecular complexity index is 712. The number of benzene rings is 2. The Morgan fingerprint density at radius 3 is 2.29 bits per heavy atom. The third kappa shape index (κ3) is 3.34. The van der Waals surface area contributed by atoms with Crippen LogP contribution in [0.15, 0.2) is 53.4 Å². The van der Waals surface area contributed by atoms with Crippen molar-refractivity contribution >= 4 is 15.7 Å². The first-order valence-corrected chi connectivity index (χ1v) is 7.83. The molecule has 0 heterocycles. The predicted octanol–water partition coefficient (Wildman–Crippen LogP) is 2.10. The predicted molar refractivity (Wildman–Crippen MR) is 82.5 cm³/mol. The largest absolute Gasteiger partial charge is 0.497 e. The maximum Gasteiger partial charge on any atom is 0.245 e. The highest BCUT2D eigenvalue weighted by Gasteiger charge is 2.22. The third-order valence-corrected chi connectivity index (χ3v) is 5.05. The highest BCUT2D eigenvalue weighted by Crippen LogP contribution is 2.22. The fourth-order valence-corrected chi connectivity index (χ4v) is 3.23. The summed E-state index contributed by atoms with van der Waals surface area (Å²) in [5, 5.41) is 0. The Kier molecular flexibility index (Phi) is 4.50. The van der Waals surface area contributed by atoms with Crippen LogP contribution in [-0.4, -0.2) is 26.9 Å². The summed E-state index contributed by atoms with van der Waals surface area (Å²) in [4.78, 5) is 0.126. The van der Waals surface area contributed by atoms with E-state index in [1.54, 1.807) is 37.4 Å². The van der Waals surface area contributed by atoms with E-state index in [1.807, 2.05) is 12.1 Å². The van der Waals surface area contributed by atoms with E-state index in [9.17, 15) is 8.42 Å². The summed E-state index contributed by atoms with van der Waals surface area (Å²) in [7, 11) is -0.486. The molecule has 0 unspecified atom stereocenters. The maximum atomic E-state index is 12.5. The minimum absolute atomic E-state index is 0.126. The van der Waals surface area contributed by atoms with Crippen LogP contribution in [0.3, 0.4) is 0 Å². The van der Waals surface area contributed by atoms with E-state index in [1.165, 1.54) is 17.4 Å².